The highest BCUT2D eigenvalue weighted by Crippen LogP contribution is 2.37. The first-order valence-corrected chi connectivity index (χ1v) is 10.9. The molecule has 0 N–H and O–H groups in total. The van der Waals surface area contributed by atoms with Crippen LogP contribution < -0.4 is 14.4 Å². The van der Waals surface area contributed by atoms with Crippen LogP contribution in [-0.2, 0) is 9.47 Å². The number of hydrogen-bond donors (Lipinski definition) is 0. The molecule has 34 heavy (non-hydrogen) atoms. The monoisotopic (exact) mass is 464 g/mol. The topological polar surface area (TPSA) is 92.0 Å². The maximum Gasteiger partial charge on any atom is 0.233 e. The summed E-state index contributed by atoms with van der Waals surface area (Å²) in [5.41, 5.74) is 3.62. The third-order valence-corrected chi connectivity index (χ3v) is 5.26. The number of aromatic nitrogens is 3. The van der Waals surface area contributed by atoms with E-state index in [1.54, 1.807) is 14.2 Å². The Labute approximate surface area is 198 Å². The van der Waals surface area contributed by atoms with Gasteiger partial charge in [-0.25, -0.2) is 9.97 Å². The van der Waals surface area contributed by atoms with E-state index >= 15 is 0 Å². The maximum atomic E-state index is 5.93. The highest BCUT2D eigenvalue weighted by Gasteiger charge is 2.18. The van der Waals surface area contributed by atoms with E-state index in [1.807, 2.05) is 61.3 Å². The van der Waals surface area contributed by atoms with Gasteiger partial charge in [0.05, 0.1) is 18.7 Å². The minimum Gasteiger partial charge on any atom is -0.487 e. The van der Waals surface area contributed by atoms with Crippen molar-refractivity contribution in [3.63, 3.8) is 0 Å². The van der Waals surface area contributed by atoms with E-state index in [9.17, 15) is 0 Å². The molecule has 4 rings (SSSR count). The lowest BCUT2D eigenvalue weighted by Crippen LogP contribution is -2.12. The first-order chi connectivity index (χ1) is 16.6. The van der Waals surface area contributed by atoms with Gasteiger partial charge in [0.15, 0.2) is 11.5 Å². The first kappa shape index (κ1) is 23.5. The highest BCUT2D eigenvalue weighted by atomic mass is 16.5. The van der Waals surface area contributed by atoms with Crippen LogP contribution in [0, 0.1) is 6.92 Å². The van der Waals surface area contributed by atoms with Crippen LogP contribution in [0.15, 0.2) is 53.3 Å². The highest BCUT2D eigenvalue weighted by molar-refractivity contribution is 5.93. The van der Waals surface area contributed by atoms with E-state index in [2.05, 4.69) is 15.1 Å². The van der Waals surface area contributed by atoms with Gasteiger partial charge in [-0.1, -0.05) is 35.0 Å². The Morgan fingerprint density at radius 2 is 1.53 bits per heavy atom. The number of fused-ring (bicyclic) bond motifs is 1. The van der Waals surface area contributed by atoms with Crippen molar-refractivity contribution < 1.29 is 23.5 Å². The Balaban J connectivity index is 1.67. The zero-order valence-electron chi connectivity index (χ0n) is 19.8. The Bertz CT molecular complexity index is 1230. The largest absolute Gasteiger partial charge is 0.487 e. The predicted molar refractivity (Wildman–Crippen MR) is 129 cm³/mol. The summed E-state index contributed by atoms with van der Waals surface area (Å²) in [7, 11) is 5.13. The van der Waals surface area contributed by atoms with Gasteiger partial charge >= 0.3 is 0 Å². The normalized spacial score (nSPS) is 11.1. The van der Waals surface area contributed by atoms with E-state index in [-0.39, 0.29) is 0 Å². The zero-order chi connectivity index (χ0) is 23.9. The smallest absolute Gasteiger partial charge is 0.233 e. The van der Waals surface area contributed by atoms with E-state index in [4.69, 9.17) is 23.5 Å². The van der Waals surface area contributed by atoms with Gasteiger partial charge < -0.3 is 23.5 Å². The van der Waals surface area contributed by atoms with Crippen LogP contribution >= 0.6 is 0 Å². The summed E-state index contributed by atoms with van der Waals surface area (Å²) in [5, 5.41) is 5.02. The minimum absolute atomic E-state index is 0.378. The second kappa shape index (κ2) is 11.0. The van der Waals surface area contributed by atoms with Crippen molar-refractivity contribution in [3.05, 3.63) is 54.4 Å². The molecule has 0 amide bonds. The van der Waals surface area contributed by atoms with Gasteiger partial charge in [-0.2, -0.15) is 0 Å². The van der Waals surface area contributed by atoms with Gasteiger partial charge in [0.25, 0.3) is 0 Å². The van der Waals surface area contributed by atoms with Gasteiger partial charge in [0.2, 0.25) is 5.88 Å². The summed E-state index contributed by atoms with van der Waals surface area (Å²) in [6.07, 6.45) is 1.51. The van der Waals surface area contributed by atoms with Crippen LogP contribution in [0.5, 0.6) is 11.5 Å². The molecule has 0 aliphatic rings. The Morgan fingerprint density at radius 1 is 0.853 bits per heavy atom. The molecule has 0 aliphatic carbocycles. The zero-order valence-corrected chi connectivity index (χ0v) is 19.8. The molecular weight excluding hydrogens is 436 g/mol. The minimum atomic E-state index is 0.378. The number of methoxy groups -OCH3 is 2. The lowest BCUT2D eigenvalue weighted by Gasteiger charge is -2.18. The fourth-order valence-electron chi connectivity index (χ4n) is 3.40. The quantitative estimate of drug-likeness (QED) is 0.299. The molecule has 0 bridgehead atoms. The molecule has 0 saturated heterocycles. The summed E-state index contributed by atoms with van der Waals surface area (Å²) in [6.45, 7) is 3.73. The molecule has 2 aromatic heterocycles. The fourth-order valence-corrected chi connectivity index (χ4v) is 3.40. The molecule has 0 atom stereocenters. The Kier molecular flexibility index (Phi) is 7.56. The molecule has 9 nitrogen and oxygen atoms in total. The average molecular weight is 465 g/mol. The van der Waals surface area contributed by atoms with Crippen molar-refractivity contribution >= 4 is 22.6 Å². The van der Waals surface area contributed by atoms with Crippen LogP contribution in [0.2, 0.25) is 0 Å². The first-order valence-electron chi connectivity index (χ1n) is 10.9. The molecule has 2 heterocycles. The molecule has 9 heteroatoms. The van der Waals surface area contributed by atoms with Gasteiger partial charge in [-0.05, 0) is 13.0 Å². The average Bonchev–Trinajstić information content (AvgIpc) is 3.34. The van der Waals surface area contributed by atoms with Crippen LogP contribution in [0.4, 0.5) is 11.7 Å². The van der Waals surface area contributed by atoms with Gasteiger partial charge in [-0.3, -0.25) is 4.90 Å². The lowest BCUT2D eigenvalue weighted by molar-refractivity contribution is 0.132. The summed E-state index contributed by atoms with van der Waals surface area (Å²) < 4.78 is 27.6. The second-order valence-electron chi connectivity index (χ2n) is 7.67. The lowest BCUT2D eigenvalue weighted by atomic mass is 10.1. The molecule has 0 aliphatic heterocycles. The van der Waals surface area contributed by atoms with Crippen molar-refractivity contribution in [2.75, 3.05) is 52.6 Å². The molecule has 0 unspecified atom stereocenters. The molecular formula is C25H28N4O5. The van der Waals surface area contributed by atoms with Crippen LogP contribution in [-0.4, -0.2) is 62.8 Å². The summed E-state index contributed by atoms with van der Waals surface area (Å²) in [5.74, 6) is 2.35. The van der Waals surface area contributed by atoms with E-state index in [0.29, 0.717) is 55.1 Å². The fraction of sp³-hybridized carbons (Fsp3) is 0.320. The van der Waals surface area contributed by atoms with Crippen molar-refractivity contribution in [1.29, 1.82) is 0 Å². The van der Waals surface area contributed by atoms with Crippen molar-refractivity contribution in [1.82, 2.24) is 15.1 Å². The summed E-state index contributed by atoms with van der Waals surface area (Å²) >= 11 is 0. The number of nitrogens with zero attached hydrogens (tertiary/aromatic N) is 4. The molecule has 0 radical (unpaired) electrons. The second-order valence-corrected chi connectivity index (χ2v) is 7.67. The van der Waals surface area contributed by atoms with E-state index in [0.717, 1.165) is 16.6 Å². The summed E-state index contributed by atoms with van der Waals surface area (Å²) in [6, 6.07) is 13.7. The van der Waals surface area contributed by atoms with Crippen molar-refractivity contribution in [2.24, 2.45) is 0 Å². The number of rotatable bonds is 11. The molecule has 4 aromatic rings. The molecule has 178 valence electrons. The number of ether oxygens (including phenoxy) is 4. The number of anilines is 2. The third kappa shape index (κ3) is 5.27. The van der Waals surface area contributed by atoms with Gasteiger partial charge in [0.1, 0.15) is 31.1 Å². The maximum absolute atomic E-state index is 5.93. The predicted octanol–water partition coefficient (Wildman–Crippen LogP) is 4.41. The van der Waals surface area contributed by atoms with Crippen molar-refractivity contribution in [2.45, 2.75) is 6.92 Å². The van der Waals surface area contributed by atoms with Crippen LogP contribution in [0.1, 0.15) is 5.56 Å². The number of benzene rings is 2. The molecule has 0 saturated carbocycles. The number of aryl methyl sites for hydroxylation is 1. The molecule has 0 spiro atoms. The van der Waals surface area contributed by atoms with Gasteiger partial charge in [-0.15, -0.1) is 0 Å². The number of hydrogen-bond acceptors (Lipinski definition) is 9. The Morgan fingerprint density at radius 3 is 2.21 bits per heavy atom. The van der Waals surface area contributed by atoms with Crippen LogP contribution in [0.3, 0.4) is 0 Å². The van der Waals surface area contributed by atoms with E-state index < -0.39 is 0 Å². The van der Waals surface area contributed by atoms with E-state index in [1.165, 1.54) is 11.9 Å². The van der Waals surface area contributed by atoms with Crippen LogP contribution in [0.25, 0.3) is 22.2 Å². The molecule has 0 fully saturated rings. The third-order valence-electron chi connectivity index (χ3n) is 5.26. The standard InChI is InChI=1S/C25H28N4O5/c1-17-5-7-18(8-6-17)20-15-24(34-28-20)29(2)25-19-13-22(32-11-9-30-3)23(33-12-10-31-4)14-21(19)26-16-27-25/h5-8,13-16H,9-12H2,1-4H3. The Hall–Kier alpha value is -3.69. The molecule has 2 aromatic carbocycles. The van der Waals surface area contributed by atoms with Crippen molar-refractivity contribution in [3.8, 4) is 22.8 Å². The summed E-state index contributed by atoms with van der Waals surface area (Å²) in [4.78, 5) is 10.8. The van der Waals surface area contributed by atoms with Gasteiger partial charge in [0, 0.05) is 44.3 Å². The SMILES string of the molecule is COCCOc1cc2ncnc(N(C)c3cc(-c4ccc(C)cc4)no3)c2cc1OCCOC.